The molecule has 1 heterocycles. The van der Waals surface area contributed by atoms with E-state index in [1.165, 1.54) is 14.2 Å². The Morgan fingerprint density at radius 2 is 1.28 bits per heavy atom. The zero-order chi connectivity index (χ0) is 44.2. The molecule has 1 fully saturated rings. The van der Waals surface area contributed by atoms with Gasteiger partial charge in [0.2, 0.25) is 5.91 Å². The van der Waals surface area contributed by atoms with Crippen LogP contribution in [0.4, 0.5) is 0 Å². The van der Waals surface area contributed by atoms with Gasteiger partial charge in [-0.25, -0.2) is 5.06 Å². The van der Waals surface area contributed by atoms with Gasteiger partial charge in [0.25, 0.3) is 0 Å². The number of ether oxygens (including phenoxy) is 3. The average Bonchev–Trinajstić information content (AvgIpc) is 3.78. The summed E-state index contributed by atoms with van der Waals surface area (Å²) < 4.78 is 39.5. The van der Waals surface area contributed by atoms with Crippen molar-refractivity contribution in [3.05, 3.63) is 29.8 Å². The number of aliphatic hydroxyl groups excluding tert-OH is 2. The van der Waals surface area contributed by atoms with Gasteiger partial charge >= 0.3 is 0 Å². The summed E-state index contributed by atoms with van der Waals surface area (Å²) in [4.78, 5) is 18.4. The van der Waals surface area contributed by atoms with Gasteiger partial charge < -0.3 is 37.7 Å². The normalized spacial score (nSPS) is 21.7. The van der Waals surface area contributed by atoms with Crippen LogP contribution in [-0.4, -0.2) is 117 Å². The SMILES string of the molecule is COc1ccc(COC[C@H](C)[C@H]2O[C@]2(C)[C@@H](O[Si](C)(C)C(C)(C)C)[C@@H](CO[Si](C)(C)C(C)(C)C)[C@H](O)[C@H](CO[Si](C)(C)C(C)(C)C)[C@H](O)CC(=O)N(C)OC)cc1. The molecule has 57 heavy (non-hydrogen) atoms. The molecule has 0 unspecified atom stereocenters. The van der Waals surface area contributed by atoms with E-state index in [4.69, 9.17) is 32.3 Å². The highest BCUT2D eigenvalue weighted by Crippen LogP contribution is 2.52. The van der Waals surface area contributed by atoms with E-state index in [0.29, 0.717) is 13.2 Å². The largest absolute Gasteiger partial charge is 0.497 e. The zero-order valence-electron chi connectivity index (χ0n) is 39.5. The topological polar surface area (TPSA) is 129 Å². The number of hydrogen-bond acceptors (Lipinski definition) is 10. The van der Waals surface area contributed by atoms with Crippen LogP contribution < -0.4 is 4.74 Å². The molecule has 1 saturated heterocycles. The fraction of sp³-hybridized carbons (Fsp3) is 0.837. The van der Waals surface area contributed by atoms with Crippen molar-refractivity contribution >= 4 is 30.9 Å². The summed E-state index contributed by atoms with van der Waals surface area (Å²) in [7, 11) is -2.66. The van der Waals surface area contributed by atoms with Gasteiger partial charge in [-0.05, 0) is 79.0 Å². The molecule has 11 nitrogen and oxygen atoms in total. The van der Waals surface area contributed by atoms with Crippen LogP contribution in [0.25, 0.3) is 0 Å². The van der Waals surface area contributed by atoms with Gasteiger partial charge in [-0.3, -0.25) is 9.63 Å². The van der Waals surface area contributed by atoms with Crippen LogP contribution in [0.3, 0.4) is 0 Å². The molecule has 1 amide bonds. The van der Waals surface area contributed by atoms with Crippen molar-refractivity contribution in [2.24, 2.45) is 17.8 Å². The smallest absolute Gasteiger partial charge is 0.248 e. The van der Waals surface area contributed by atoms with E-state index in [1.54, 1.807) is 7.11 Å². The third kappa shape index (κ3) is 13.7. The Kier molecular flexibility index (Phi) is 17.9. The predicted octanol–water partition coefficient (Wildman–Crippen LogP) is 8.80. The number of hydrogen-bond donors (Lipinski definition) is 2. The minimum absolute atomic E-state index is 0.00312. The number of benzene rings is 1. The molecule has 8 atom stereocenters. The second kappa shape index (κ2) is 19.7. The molecule has 2 rings (SSSR count). The number of carbonyl (C=O) groups is 1. The van der Waals surface area contributed by atoms with E-state index in [0.717, 1.165) is 16.4 Å². The number of hydroxylamine groups is 2. The lowest BCUT2D eigenvalue weighted by atomic mass is 9.78. The van der Waals surface area contributed by atoms with Gasteiger partial charge in [-0.1, -0.05) is 81.4 Å². The quantitative estimate of drug-likeness (QED) is 0.0664. The van der Waals surface area contributed by atoms with E-state index < -0.39 is 66.6 Å². The standard InChI is InChI=1S/C43H83NO10Si3/c1-30(26-50-27-31-21-23-32(48-13)24-22-31)38-43(11,53-38)39(54-57(19,20)42(8,9)10)34(29-52-56(17,18)41(5,6)7)37(47)33(28-51-55(15,16)40(2,3)4)35(45)25-36(46)44(12)49-14/h21-24,30,33-35,37-39,45,47H,25-29H2,1-20H3/t30-,33+,34-,35+,37+,38+,39-,43-/m0/s1. The number of amides is 1. The molecular formula is C43H83NO10Si3. The molecule has 0 aliphatic carbocycles. The lowest BCUT2D eigenvalue weighted by Gasteiger charge is -2.47. The molecule has 1 aliphatic heterocycles. The Labute approximate surface area is 350 Å². The number of carbonyl (C=O) groups excluding carboxylic acids is 1. The van der Waals surface area contributed by atoms with Crippen molar-refractivity contribution in [1.82, 2.24) is 5.06 Å². The van der Waals surface area contributed by atoms with Crippen LogP contribution in [0.5, 0.6) is 5.75 Å². The Hall–Kier alpha value is -1.18. The summed E-state index contributed by atoms with van der Waals surface area (Å²) in [6, 6.07) is 7.85. The second-order valence-corrected chi connectivity index (χ2v) is 35.5. The van der Waals surface area contributed by atoms with Crippen LogP contribution >= 0.6 is 0 Å². The van der Waals surface area contributed by atoms with Gasteiger partial charge in [-0.2, -0.15) is 0 Å². The fourth-order valence-corrected chi connectivity index (χ4v) is 9.65. The summed E-state index contributed by atoms with van der Waals surface area (Å²) in [6.45, 7) is 38.2. The monoisotopic (exact) mass is 858 g/mol. The third-order valence-electron chi connectivity index (χ3n) is 13.7. The number of rotatable bonds is 22. The number of nitrogens with zero attached hydrogens (tertiary/aromatic N) is 1. The number of methoxy groups -OCH3 is 1. The third-order valence-corrected chi connectivity index (χ3v) is 27.1. The predicted molar refractivity (Wildman–Crippen MR) is 237 cm³/mol. The van der Waals surface area contributed by atoms with Crippen LogP contribution in [-0.2, 0) is 39.0 Å². The minimum Gasteiger partial charge on any atom is -0.497 e. The van der Waals surface area contributed by atoms with E-state index in [1.807, 2.05) is 24.3 Å². The highest BCUT2D eigenvalue weighted by molar-refractivity contribution is 6.75. The molecule has 2 N–H and O–H groups in total. The Morgan fingerprint density at radius 3 is 1.72 bits per heavy atom. The lowest BCUT2D eigenvalue weighted by Crippen LogP contribution is -2.58. The molecule has 0 aromatic heterocycles. The zero-order valence-corrected chi connectivity index (χ0v) is 42.5. The van der Waals surface area contributed by atoms with E-state index >= 15 is 0 Å². The van der Waals surface area contributed by atoms with E-state index in [2.05, 4.69) is 115 Å². The van der Waals surface area contributed by atoms with Crippen molar-refractivity contribution in [3.63, 3.8) is 0 Å². The molecule has 1 aromatic carbocycles. The molecule has 0 bridgehead atoms. The van der Waals surface area contributed by atoms with Gasteiger partial charge in [0.05, 0.1) is 58.3 Å². The minimum atomic E-state index is -2.52. The first kappa shape index (κ1) is 52.0. The van der Waals surface area contributed by atoms with Gasteiger partial charge in [-0.15, -0.1) is 0 Å². The van der Waals surface area contributed by atoms with E-state index in [9.17, 15) is 15.0 Å². The maximum absolute atomic E-state index is 13.2. The van der Waals surface area contributed by atoms with Crippen LogP contribution in [0.1, 0.15) is 88.1 Å². The Bertz CT molecular complexity index is 1410. The van der Waals surface area contributed by atoms with Crippen molar-refractivity contribution in [2.75, 3.05) is 41.1 Å². The number of epoxide rings is 1. The summed E-state index contributed by atoms with van der Waals surface area (Å²) in [5.74, 6) is -1.10. The Morgan fingerprint density at radius 1 is 0.807 bits per heavy atom. The summed E-state index contributed by atoms with van der Waals surface area (Å²) in [6.07, 6.45) is -3.53. The highest BCUT2D eigenvalue weighted by atomic mass is 28.4. The maximum atomic E-state index is 13.2. The summed E-state index contributed by atoms with van der Waals surface area (Å²) in [5.41, 5.74) is 0.246. The molecule has 332 valence electrons. The fourth-order valence-electron chi connectivity index (χ4n) is 6.17. The van der Waals surface area contributed by atoms with Crippen molar-refractivity contribution in [1.29, 1.82) is 0 Å². The van der Waals surface area contributed by atoms with Crippen LogP contribution in [0.15, 0.2) is 24.3 Å². The molecule has 0 saturated carbocycles. The van der Waals surface area contributed by atoms with Crippen LogP contribution in [0, 0.1) is 17.8 Å². The lowest BCUT2D eigenvalue weighted by molar-refractivity contribution is -0.173. The first-order valence-corrected chi connectivity index (χ1v) is 29.5. The average molecular weight is 858 g/mol. The van der Waals surface area contributed by atoms with Crippen molar-refractivity contribution in [3.8, 4) is 5.75 Å². The molecule has 14 heteroatoms. The van der Waals surface area contributed by atoms with Gasteiger partial charge in [0, 0.05) is 38.0 Å². The molecule has 1 aromatic rings. The molecular weight excluding hydrogens is 775 g/mol. The van der Waals surface area contributed by atoms with Gasteiger partial charge in [0.15, 0.2) is 25.0 Å². The summed E-state index contributed by atoms with van der Waals surface area (Å²) >= 11 is 0. The molecule has 0 radical (unpaired) electrons. The van der Waals surface area contributed by atoms with E-state index in [-0.39, 0.29) is 46.8 Å². The van der Waals surface area contributed by atoms with Crippen molar-refractivity contribution < 1.29 is 47.3 Å². The molecule has 1 aliphatic rings. The first-order chi connectivity index (χ1) is 25.8. The first-order valence-electron chi connectivity index (χ1n) is 20.8. The maximum Gasteiger partial charge on any atom is 0.248 e. The summed E-state index contributed by atoms with van der Waals surface area (Å²) in [5, 5.41) is 25.6. The van der Waals surface area contributed by atoms with Crippen molar-refractivity contribution in [2.45, 2.75) is 174 Å². The second-order valence-electron chi connectivity index (χ2n) is 21.2. The van der Waals surface area contributed by atoms with Crippen LogP contribution in [0.2, 0.25) is 54.4 Å². The molecule has 0 spiro atoms. The Balaban J connectivity index is 2.68. The highest BCUT2D eigenvalue weighted by Gasteiger charge is 2.65. The van der Waals surface area contributed by atoms with Gasteiger partial charge in [0.1, 0.15) is 11.4 Å². The number of aliphatic hydroxyl groups is 2.